The molecular weight excluding hydrogens is 1650 g/mol. The van der Waals surface area contributed by atoms with Gasteiger partial charge in [0.2, 0.25) is 0 Å². The Labute approximate surface area is 770 Å². The molecule has 7 heteroatoms. The maximum atomic E-state index is 2.35. The Balaban J connectivity index is -0.0000000997. The third kappa shape index (κ3) is 72.7. The molecular formula is C92H145NY6-6. The molecule has 0 saturated heterocycles. The van der Waals surface area contributed by atoms with Crippen LogP contribution in [-0.4, -0.2) is 4.57 Å². The zero-order valence-corrected chi connectivity index (χ0v) is 86.1. The van der Waals surface area contributed by atoms with Crippen LogP contribution in [0, 0.1) is 77.0 Å². The number of benzene rings is 7. The summed E-state index contributed by atoms with van der Waals surface area (Å²) in [6.45, 7) is 49.0. The average Bonchev–Trinajstić information content (AvgIpc) is 1.71. The minimum absolute atomic E-state index is 0. The van der Waals surface area contributed by atoms with Gasteiger partial charge in [0.25, 0.3) is 0 Å². The molecule has 7 aromatic carbocycles. The maximum absolute atomic E-state index is 2.35. The molecule has 99 heavy (non-hydrogen) atoms. The van der Waals surface area contributed by atoms with Crippen LogP contribution in [0.3, 0.4) is 0 Å². The number of nitrogens with zero attached hydrogens (tertiary/aromatic N) is 1. The summed E-state index contributed by atoms with van der Waals surface area (Å²) in [5.74, 6) is 0. The zero-order valence-electron chi connectivity index (χ0n) is 69.1. The molecule has 6 radical (unpaired) electrons. The molecule has 8 aromatic rings. The van der Waals surface area contributed by atoms with Gasteiger partial charge < -0.3 is 49.1 Å². The molecule has 0 N–H and O–H groups in total. The summed E-state index contributed by atoms with van der Waals surface area (Å²) in [6.07, 6.45) is 18.5. The van der Waals surface area contributed by atoms with Crippen molar-refractivity contribution in [3.8, 4) is 0 Å². The van der Waals surface area contributed by atoms with Crippen LogP contribution < -0.4 is 0 Å². The van der Waals surface area contributed by atoms with Gasteiger partial charge in [-0.25, -0.2) is 0 Å². The van der Waals surface area contributed by atoms with Gasteiger partial charge in [0, 0.05) is 215 Å². The van der Waals surface area contributed by atoms with E-state index in [1.165, 1.54) is 121 Å². The van der Waals surface area contributed by atoms with E-state index in [0.29, 0.717) is 37.9 Å². The molecule has 0 aliphatic rings. The first kappa shape index (κ1) is 123. The van der Waals surface area contributed by atoms with Gasteiger partial charge >= 0.3 is 0 Å². The summed E-state index contributed by atoms with van der Waals surface area (Å²) in [5, 5.41) is 1.34. The van der Waals surface area contributed by atoms with Gasteiger partial charge in [-0.15, -0.1) is 0 Å². The Bertz CT molecular complexity index is 2860. The fourth-order valence-electron chi connectivity index (χ4n) is 9.36. The second-order valence-corrected chi connectivity index (χ2v) is 32.5. The molecule has 0 saturated carbocycles. The van der Waals surface area contributed by atoms with E-state index >= 15 is 0 Å². The van der Waals surface area contributed by atoms with Gasteiger partial charge in [0.15, 0.2) is 0 Å². The number of rotatable bonds is 14. The molecule has 0 aliphatic carbocycles. The summed E-state index contributed by atoms with van der Waals surface area (Å²) >= 11 is 0. The Hall–Kier alpha value is 0.703. The van der Waals surface area contributed by atoms with Crippen molar-refractivity contribution < 1.29 is 196 Å². The molecule has 542 valence electrons. The van der Waals surface area contributed by atoms with Gasteiger partial charge in [-0.1, -0.05) is 352 Å². The molecule has 0 bridgehead atoms. The van der Waals surface area contributed by atoms with Crippen LogP contribution in [0.25, 0.3) is 10.9 Å². The topological polar surface area (TPSA) is 4.93 Å². The second kappa shape index (κ2) is 65.8. The Morgan fingerprint density at radius 3 is 0.818 bits per heavy atom. The molecule has 0 spiro atoms. The predicted octanol–water partition coefficient (Wildman–Crippen LogP) is 28.9. The zero-order chi connectivity index (χ0) is 65.1. The minimum atomic E-state index is 0. The summed E-state index contributed by atoms with van der Waals surface area (Å²) in [7, 11) is 0. The van der Waals surface area contributed by atoms with Crippen molar-refractivity contribution in [1.29, 1.82) is 0 Å². The van der Waals surface area contributed by atoms with Crippen LogP contribution in [0.1, 0.15) is 230 Å². The van der Waals surface area contributed by atoms with Gasteiger partial charge in [-0.2, -0.15) is 0 Å². The predicted molar refractivity (Wildman–Crippen MR) is 430 cm³/mol. The molecule has 0 amide bonds. The number of para-hydroxylation sites is 1. The van der Waals surface area contributed by atoms with E-state index in [4.69, 9.17) is 0 Å². The molecule has 1 nitrogen and oxygen atoms in total. The number of unbranched alkanes of at least 4 members (excludes halogenated alkanes) is 1. The van der Waals surface area contributed by atoms with Crippen molar-refractivity contribution in [2.75, 3.05) is 0 Å². The molecule has 0 aliphatic heterocycles. The van der Waals surface area contributed by atoms with Gasteiger partial charge in [0.1, 0.15) is 0 Å². The number of fused-ring (bicyclic) bond motifs is 1. The number of hydrogen-bond acceptors (Lipinski definition) is 0. The average molecular weight is 1800 g/mol. The number of hydrogen-bond donors (Lipinski definition) is 0. The quantitative estimate of drug-likeness (QED) is 0.0755. The number of aromatic nitrogens is 1. The fraction of sp³-hybridized carbons (Fsp3) is 0.457. The van der Waals surface area contributed by atoms with E-state index < -0.39 is 0 Å². The monoisotopic (exact) mass is 1800 g/mol. The second-order valence-electron chi connectivity index (χ2n) is 32.5. The number of aryl methyl sites for hydroxylation is 5. The van der Waals surface area contributed by atoms with E-state index in [9.17, 15) is 0 Å². The van der Waals surface area contributed by atoms with Crippen molar-refractivity contribution in [2.24, 2.45) is 32.5 Å². The molecule has 0 atom stereocenters. The summed E-state index contributed by atoms with van der Waals surface area (Å²) < 4.78 is 2.35. The van der Waals surface area contributed by atoms with Crippen molar-refractivity contribution in [1.82, 2.24) is 4.57 Å². The van der Waals surface area contributed by atoms with Crippen LogP contribution >= 0.6 is 0 Å². The largest absolute Gasteiger partial charge is 0.358 e. The minimum Gasteiger partial charge on any atom is -0.358 e. The summed E-state index contributed by atoms with van der Waals surface area (Å²) in [4.78, 5) is 0. The van der Waals surface area contributed by atoms with Crippen molar-refractivity contribution in [2.45, 2.75) is 241 Å². The van der Waals surface area contributed by atoms with E-state index in [0.717, 1.165) is 13.0 Å². The molecule has 1 heterocycles. The first-order chi connectivity index (χ1) is 40.6. The van der Waals surface area contributed by atoms with Crippen molar-refractivity contribution >= 4 is 10.9 Å². The van der Waals surface area contributed by atoms with E-state index in [2.05, 4.69) is 368 Å². The molecule has 8 rings (SSSR count). The van der Waals surface area contributed by atoms with Crippen molar-refractivity contribution in [3.63, 3.8) is 0 Å². The molecule has 0 unspecified atom stereocenters. The molecule has 1 aromatic heterocycles. The van der Waals surface area contributed by atoms with E-state index in [-0.39, 0.29) is 241 Å². The Morgan fingerprint density at radius 1 is 0.242 bits per heavy atom. The molecule has 0 fully saturated rings. The standard InChI is InChI=1S/C14H19N.C14H22.C13H20.2C12H18.C11H16.C10H14.6CH3.6Y/c1-14(2,3)9-11-15-10-8-12-6-4-5-7-13(12)15;1-14(2,3)12-8-7-11-13-9-5-4-6-10-13;1-13(2,3)11-7-10-12-8-5-4-6-9-12;2*1-12(2,3)10-9-11-7-5-4-6-8-11;1-11(2,3)9-10-7-5-4-6-8-10;1-10(2,3)9-7-5-4-6-8-9;;;;;;;;;;;;/h4-8,10H,9,11H2,1-3H3;4-6,9-10H,7-8,11-12H2,1-3H3;4-6,8-9H,7,10-11H2,1-3H3;2*4-8H,9-10H2,1-3H3;4-8H,9H2,1-3H3;4-8H,1-3H3;6*1H3;;;;;;/q;;;;;;;6*-1;;;;;;. The Morgan fingerprint density at radius 2 is 0.515 bits per heavy atom. The Kier molecular flexibility index (Phi) is 82.0. The first-order valence-corrected chi connectivity index (χ1v) is 33.4. The fourth-order valence-corrected chi connectivity index (χ4v) is 9.36. The van der Waals surface area contributed by atoms with E-state index in [1.54, 1.807) is 0 Å². The van der Waals surface area contributed by atoms with Crippen LogP contribution in [-0.2, 0) is 240 Å². The third-order valence-corrected chi connectivity index (χ3v) is 14.7. The summed E-state index contributed by atoms with van der Waals surface area (Å²) in [6, 6.07) is 74.8. The first-order valence-electron chi connectivity index (χ1n) is 33.4. The van der Waals surface area contributed by atoms with Gasteiger partial charge in [-0.3, -0.25) is 0 Å². The van der Waals surface area contributed by atoms with Crippen LogP contribution in [0.2, 0.25) is 0 Å². The SMILES string of the molecule is CC(C)(C)CCCCc1ccccc1.CC(C)(C)CCCc1ccccc1.CC(C)(C)CCc1ccccc1.CC(C)(C)CCc1ccccc1.CC(C)(C)CCn1ccc2ccccc21.CC(C)(C)Cc1ccccc1.CC(C)(C)c1ccccc1.[CH3-].[CH3-].[CH3-].[CH3-].[CH3-].[CH3-].[Y].[Y].[Y].[Y].[Y].[Y]. The van der Waals surface area contributed by atoms with E-state index in [1.807, 2.05) is 0 Å². The van der Waals surface area contributed by atoms with Crippen LogP contribution in [0.4, 0.5) is 0 Å². The van der Waals surface area contributed by atoms with Gasteiger partial charge in [-0.05, 0) is 166 Å². The van der Waals surface area contributed by atoms with Gasteiger partial charge in [0.05, 0.1) is 0 Å². The van der Waals surface area contributed by atoms with Crippen molar-refractivity contribution in [3.05, 3.63) is 296 Å². The van der Waals surface area contributed by atoms with Crippen LogP contribution in [0.5, 0.6) is 0 Å². The summed E-state index contributed by atoms with van der Waals surface area (Å²) in [5.41, 5.74) is 13.0. The smallest absolute Gasteiger partial charge is 0.0480 e. The maximum Gasteiger partial charge on any atom is 0.0480 e. The normalized spacial score (nSPS) is 10.3. The third-order valence-electron chi connectivity index (χ3n) is 14.7. The van der Waals surface area contributed by atoms with Crippen LogP contribution in [0.15, 0.2) is 219 Å².